The van der Waals surface area contributed by atoms with Gasteiger partial charge in [0, 0.05) is 12.4 Å². The Labute approximate surface area is 123 Å². The first-order valence-corrected chi connectivity index (χ1v) is 10.1. The molecule has 0 aliphatic heterocycles. The normalized spacial score (nSPS) is 13.2. The molecule has 2 aromatic rings. The average molecular weight is 290 g/mol. The molecule has 0 bridgehead atoms. The lowest BCUT2D eigenvalue weighted by molar-refractivity contribution is 0.276. The maximum atomic E-state index is 6.29. The zero-order valence-corrected chi connectivity index (χ0v) is 14.7. The van der Waals surface area contributed by atoms with Crippen LogP contribution in [0.3, 0.4) is 0 Å². The molecule has 0 saturated heterocycles. The topological polar surface area (TPSA) is 27.1 Å². The molecule has 0 fully saturated rings. The molecule has 3 nitrogen and oxygen atoms in total. The van der Waals surface area contributed by atoms with Crippen molar-refractivity contribution in [1.82, 2.24) is 9.78 Å². The van der Waals surface area contributed by atoms with Gasteiger partial charge < -0.3 is 4.43 Å². The van der Waals surface area contributed by atoms with Gasteiger partial charge in [-0.1, -0.05) is 26.8 Å². The number of aryl methyl sites for hydroxylation is 2. The maximum Gasteiger partial charge on any atom is 0.192 e. The largest absolute Gasteiger partial charge is 0.413 e. The molecule has 110 valence electrons. The zero-order valence-electron chi connectivity index (χ0n) is 13.7. The van der Waals surface area contributed by atoms with Crippen LogP contribution in [-0.4, -0.2) is 18.1 Å². The molecule has 20 heavy (non-hydrogen) atoms. The van der Waals surface area contributed by atoms with Gasteiger partial charge in [-0.2, -0.15) is 5.10 Å². The third kappa shape index (κ3) is 2.81. The van der Waals surface area contributed by atoms with E-state index in [1.165, 1.54) is 16.5 Å². The summed E-state index contributed by atoms with van der Waals surface area (Å²) < 4.78 is 8.22. The van der Waals surface area contributed by atoms with Crippen molar-refractivity contribution in [2.75, 3.05) is 0 Å². The molecule has 0 saturated carbocycles. The Hall–Kier alpha value is -1.13. The van der Waals surface area contributed by atoms with Crippen molar-refractivity contribution >= 4 is 19.2 Å². The number of benzene rings is 1. The van der Waals surface area contributed by atoms with Gasteiger partial charge in [-0.15, -0.1) is 0 Å². The first-order chi connectivity index (χ1) is 9.12. The van der Waals surface area contributed by atoms with Gasteiger partial charge >= 0.3 is 0 Å². The van der Waals surface area contributed by atoms with Crippen molar-refractivity contribution in [3.8, 4) is 0 Å². The minimum Gasteiger partial charge on any atom is -0.413 e. The Morgan fingerprint density at radius 3 is 2.50 bits per heavy atom. The van der Waals surface area contributed by atoms with Crippen molar-refractivity contribution in [3.05, 3.63) is 29.5 Å². The summed E-state index contributed by atoms with van der Waals surface area (Å²) in [5, 5.41) is 5.94. The molecule has 0 atom stereocenters. The monoisotopic (exact) mass is 290 g/mol. The molecule has 1 heterocycles. The molecule has 0 N–H and O–H groups in total. The second-order valence-corrected chi connectivity index (χ2v) is 11.9. The second kappa shape index (κ2) is 5.01. The van der Waals surface area contributed by atoms with E-state index in [1.807, 2.05) is 11.7 Å². The van der Waals surface area contributed by atoms with E-state index in [1.54, 1.807) is 0 Å². The number of rotatable bonds is 3. The third-order valence-electron chi connectivity index (χ3n) is 4.51. The van der Waals surface area contributed by atoms with Crippen LogP contribution in [0.15, 0.2) is 18.2 Å². The summed E-state index contributed by atoms with van der Waals surface area (Å²) in [6.45, 7) is 14.2. The highest BCUT2D eigenvalue weighted by molar-refractivity contribution is 6.74. The number of hydrogen-bond donors (Lipinski definition) is 0. The molecule has 1 aromatic carbocycles. The maximum absolute atomic E-state index is 6.29. The van der Waals surface area contributed by atoms with Crippen molar-refractivity contribution in [3.63, 3.8) is 0 Å². The number of aromatic nitrogens is 2. The predicted octanol–water partition coefficient (Wildman–Crippen LogP) is 4.40. The second-order valence-electron chi connectivity index (χ2n) is 7.11. The van der Waals surface area contributed by atoms with Crippen LogP contribution in [0.25, 0.3) is 10.9 Å². The fourth-order valence-electron chi connectivity index (χ4n) is 2.06. The molecule has 0 aliphatic rings. The summed E-state index contributed by atoms with van der Waals surface area (Å²) in [6, 6.07) is 6.50. The Morgan fingerprint density at radius 1 is 1.25 bits per heavy atom. The minimum absolute atomic E-state index is 0.251. The lowest BCUT2D eigenvalue weighted by atomic mass is 10.1. The highest BCUT2D eigenvalue weighted by atomic mass is 28.4. The Balaban J connectivity index is 2.21. The van der Waals surface area contributed by atoms with Crippen LogP contribution in [0.4, 0.5) is 0 Å². The van der Waals surface area contributed by atoms with E-state index in [4.69, 9.17) is 4.43 Å². The fraction of sp³-hybridized carbons (Fsp3) is 0.562. The molecule has 0 spiro atoms. The standard InChI is InChI=1S/C16H26N2OSi/c1-12-14-10-13(8-9-15(14)18(5)17-12)11-19-20(6,7)16(2,3)4/h8-10H,11H2,1-7H3. The van der Waals surface area contributed by atoms with Crippen molar-refractivity contribution < 1.29 is 4.43 Å². The van der Waals surface area contributed by atoms with Gasteiger partial charge in [-0.05, 0) is 42.8 Å². The molecule has 4 heteroatoms. The van der Waals surface area contributed by atoms with Gasteiger partial charge in [-0.25, -0.2) is 0 Å². The Bertz CT molecular complexity index is 623. The first-order valence-electron chi connectivity index (χ1n) is 7.18. The van der Waals surface area contributed by atoms with E-state index in [-0.39, 0.29) is 5.04 Å². The summed E-state index contributed by atoms with van der Waals surface area (Å²) in [4.78, 5) is 0. The highest BCUT2D eigenvalue weighted by Gasteiger charge is 2.37. The van der Waals surface area contributed by atoms with Gasteiger partial charge in [0.2, 0.25) is 0 Å². The van der Waals surface area contributed by atoms with Crippen LogP contribution in [0.5, 0.6) is 0 Å². The molecule has 0 unspecified atom stereocenters. The van der Waals surface area contributed by atoms with E-state index in [0.717, 1.165) is 5.69 Å². The molecular formula is C16H26N2OSi. The van der Waals surface area contributed by atoms with Gasteiger partial charge in [0.25, 0.3) is 0 Å². The summed E-state index contributed by atoms with van der Waals surface area (Å²) in [7, 11) is 0.303. The van der Waals surface area contributed by atoms with Gasteiger partial charge in [-0.3, -0.25) is 4.68 Å². The molecule has 0 aliphatic carbocycles. The van der Waals surface area contributed by atoms with Crippen LogP contribution >= 0.6 is 0 Å². The smallest absolute Gasteiger partial charge is 0.192 e. The Morgan fingerprint density at radius 2 is 1.90 bits per heavy atom. The highest BCUT2D eigenvalue weighted by Crippen LogP contribution is 2.37. The van der Waals surface area contributed by atoms with Gasteiger partial charge in [0.05, 0.1) is 17.8 Å². The number of nitrogens with zero attached hydrogens (tertiary/aromatic N) is 2. The summed E-state index contributed by atoms with van der Waals surface area (Å²) in [5.41, 5.74) is 3.49. The lowest BCUT2D eigenvalue weighted by Crippen LogP contribution is -2.40. The fourth-order valence-corrected chi connectivity index (χ4v) is 3.02. The van der Waals surface area contributed by atoms with E-state index in [0.29, 0.717) is 6.61 Å². The van der Waals surface area contributed by atoms with Crippen molar-refractivity contribution in [2.45, 2.75) is 52.4 Å². The van der Waals surface area contributed by atoms with Crippen LogP contribution in [-0.2, 0) is 18.1 Å². The van der Waals surface area contributed by atoms with Crippen LogP contribution in [0.1, 0.15) is 32.0 Å². The van der Waals surface area contributed by atoms with Gasteiger partial charge in [0.1, 0.15) is 0 Å². The summed E-state index contributed by atoms with van der Waals surface area (Å²) in [6.07, 6.45) is 0. The molecule has 0 radical (unpaired) electrons. The number of hydrogen-bond acceptors (Lipinski definition) is 2. The third-order valence-corrected chi connectivity index (χ3v) is 8.98. The average Bonchev–Trinajstić information content (AvgIpc) is 2.61. The van der Waals surface area contributed by atoms with E-state index in [2.05, 4.69) is 64.1 Å². The zero-order chi connectivity index (χ0) is 15.1. The van der Waals surface area contributed by atoms with E-state index in [9.17, 15) is 0 Å². The van der Waals surface area contributed by atoms with Gasteiger partial charge in [0.15, 0.2) is 8.32 Å². The first kappa shape index (κ1) is 15.3. The molecule has 1 aromatic heterocycles. The van der Waals surface area contributed by atoms with Crippen LogP contribution in [0, 0.1) is 6.92 Å². The number of fused-ring (bicyclic) bond motifs is 1. The predicted molar refractivity (Wildman–Crippen MR) is 87.4 cm³/mol. The van der Waals surface area contributed by atoms with Crippen LogP contribution in [0.2, 0.25) is 18.1 Å². The quantitative estimate of drug-likeness (QED) is 0.783. The molecule has 2 rings (SSSR count). The SMILES string of the molecule is Cc1nn(C)c2ccc(CO[Si](C)(C)C(C)(C)C)cc12. The van der Waals surface area contributed by atoms with E-state index >= 15 is 0 Å². The van der Waals surface area contributed by atoms with Crippen LogP contribution < -0.4 is 0 Å². The minimum atomic E-state index is -1.68. The molecular weight excluding hydrogens is 264 g/mol. The Kier molecular flexibility index (Phi) is 3.82. The lowest BCUT2D eigenvalue weighted by Gasteiger charge is -2.36. The molecule has 0 amide bonds. The van der Waals surface area contributed by atoms with Crippen molar-refractivity contribution in [2.24, 2.45) is 7.05 Å². The van der Waals surface area contributed by atoms with Crippen molar-refractivity contribution in [1.29, 1.82) is 0 Å². The van der Waals surface area contributed by atoms with E-state index < -0.39 is 8.32 Å². The summed E-state index contributed by atoms with van der Waals surface area (Å²) >= 11 is 0. The summed E-state index contributed by atoms with van der Waals surface area (Å²) in [5.74, 6) is 0.